The summed E-state index contributed by atoms with van der Waals surface area (Å²) >= 11 is 0. The molecule has 0 aliphatic carbocycles. The molecular weight excluding hydrogens is 753 g/mol. The van der Waals surface area contributed by atoms with Crippen molar-refractivity contribution < 1.29 is 8.83 Å². The third-order valence-corrected chi connectivity index (χ3v) is 13.8. The minimum atomic E-state index is 0.980. The minimum Gasteiger partial charge on any atom is -0.460 e. The highest BCUT2D eigenvalue weighted by molar-refractivity contribution is 6.18. The van der Waals surface area contributed by atoms with E-state index in [2.05, 4.69) is 102 Å². The normalized spacial score (nSPS) is 11.9. The Bertz CT molecular complexity index is 2020. The van der Waals surface area contributed by atoms with Crippen molar-refractivity contribution in [1.82, 2.24) is 0 Å². The van der Waals surface area contributed by atoms with E-state index < -0.39 is 0 Å². The molecule has 2 nitrogen and oxygen atoms in total. The summed E-state index contributed by atoms with van der Waals surface area (Å²) in [5.74, 6) is 2.01. The van der Waals surface area contributed by atoms with Gasteiger partial charge < -0.3 is 8.83 Å². The predicted octanol–water partition coefficient (Wildman–Crippen LogP) is 19.9. The number of furan rings is 2. The zero-order chi connectivity index (χ0) is 43.5. The molecule has 4 aromatic carbocycles. The second kappa shape index (κ2) is 25.5. The number of unbranched alkanes of at least 4 members (excludes halogenated alkanes) is 20. The second-order valence-corrected chi connectivity index (χ2v) is 19.2. The molecule has 2 heterocycles. The van der Waals surface area contributed by atoms with Crippen molar-refractivity contribution in [2.24, 2.45) is 0 Å². The first-order valence-electron chi connectivity index (χ1n) is 26.1. The SMILES string of the molecule is CCCCCCCCc1cc(CCCCCCCC)cc(-c2c(C)oc3c2ccc2c3ccc3c(-c4cc(CCCCCCCC)cc(CCCCCCCC)c4)c(C)oc32)c1. The molecule has 62 heavy (non-hydrogen) atoms. The van der Waals surface area contributed by atoms with Crippen LogP contribution < -0.4 is 0 Å². The van der Waals surface area contributed by atoms with Gasteiger partial charge in [0.15, 0.2) is 0 Å². The summed E-state index contributed by atoms with van der Waals surface area (Å²) in [5, 5.41) is 4.70. The van der Waals surface area contributed by atoms with Crippen LogP contribution in [-0.4, -0.2) is 0 Å². The number of aryl methyl sites for hydroxylation is 6. The van der Waals surface area contributed by atoms with Gasteiger partial charge in [-0.15, -0.1) is 0 Å². The lowest BCUT2D eigenvalue weighted by atomic mass is 9.92. The summed E-state index contributed by atoms with van der Waals surface area (Å²) in [7, 11) is 0. The largest absolute Gasteiger partial charge is 0.460 e. The Morgan fingerprint density at radius 3 is 0.855 bits per heavy atom. The van der Waals surface area contributed by atoms with Crippen molar-refractivity contribution >= 4 is 32.7 Å². The first-order valence-corrected chi connectivity index (χ1v) is 26.1. The molecule has 0 atom stereocenters. The lowest BCUT2D eigenvalue weighted by molar-refractivity contribution is 0.580. The molecule has 2 heteroatoms. The fourth-order valence-electron chi connectivity index (χ4n) is 10.3. The molecule has 0 amide bonds. The van der Waals surface area contributed by atoms with Crippen LogP contribution in [0.4, 0.5) is 0 Å². The summed E-state index contributed by atoms with van der Waals surface area (Å²) in [5.41, 5.74) is 13.1. The summed E-state index contributed by atoms with van der Waals surface area (Å²) in [6.45, 7) is 13.6. The number of fused-ring (bicyclic) bond motifs is 5. The van der Waals surface area contributed by atoms with Crippen molar-refractivity contribution in [2.45, 2.75) is 221 Å². The Hall–Kier alpha value is -3.78. The van der Waals surface area contributed by atoms with Crippen LogP contribution in [0.5, 0.6) is 0 Å². The molecule has 0 saturated heterocycles. The maximum absolute atomic E-state index is 6.82. The Labute approximate surface area is 378 Å². The van der Waals surface area contributed by atoms with Crippen LogP contribution in [0.25, 0.3) is 55.0 Å². The highest BCUT2D eigenvalue weighted by Crippen LogP contribution is 2.44. The maximum Gasteiger partial charge on any atom is 0.142 e. The van der Waals surface area contributed by atoms with E-state index in [-0.39, 0.29) is 0 Å². The van der Waals surface area contributed by atoms with Gasteiger partial charge in [-0.05, 0) is 123 Å². The summed E-state index contributed by atoms with van der Waals surface area (Å²) in [4.78, 5) is 0. The van der Waals surface area contributed by atoms with Gasteiger partial charge in [-0.25, -0.2) is 0 Å². The van der Waals surface area contributed by atoms with Gasteiger partial charge >= 0.3 is 0 Å². The molecule has 2 aromatic heterocycles. The molecule has 0 N–H and O–H groups in total. The topological polar surface area (TPSA) is 26.3 Å². The third kappa shape index (κ3) is 13.1. The van der Waals surface area contributed by atoms with E-state index in [1.54, 1.807) is 0 Å². The first-order chi connectivity index (χ1) is 30.4. The Kier molecular flexibility index (Phi) is 19.6. The van der Waals surface area contributed by atoms with Crippen molar-refractivity contribution in [1.29, 1.82) is 0 Å². The minimum absolute atomic E-state index is 0.980. The number of hydrogen-bond donors (Lipinski definition) is 0. The van der Waals surface area contributed by atoms with Crippen LogP contribution in [-0.2, 0) is 25.7 Å². The van der Waals surface area contributed by atoms with Gasteiger partial charge in [-0.1, -0.05) is 193 Å². The van der Waals surface area contributed by atoms with Crippen molar-refractivity contribution in [2.75, 3.05) is 0 Å². The fraction of sp³-hybridized carbons (Fsp3) is 0.567. The van der Waals surface area contributed by atoms with E-state index in [0.29, 0.717) is 0 Å². The number of benzene rings is 4. The standard InChI is InChI=1S/C60H84O2/c1-7-11-15-19-23-27-31-47-39-48(32-28-24-20-16-12-8-2)42-51(41-47)57-45(5)61-59-53-36-38-56-58(46(6)62-60(56)54(53)35-37-55(57)59)52-43-49(33-29-25-21-17-13-9-3)40-50(44-52)34-30-26-22-18-14-10-4/h35-44H,7-34H2,1-6H3. The summed E-state index contributed by atoms with van der Waals surface area (Å²) in [6, 6.07) is 24.2. The molecule has 0 aliphatic rings. The van der Waals surface area contributed by atoms with Gasteiger partial charge in [-0.2, -0.15) is 0 Å². The third-order valence-electron chi connectivity index (χ3n) is 13.8. The quantitative estimate of drug-likeness (QED) is 0.0423. The molecule has 0 unspecified atom stereocenters. The monoisotopic (exact) mass is 837 g/mol. The van der Waals surface area contributed by atoms with Crippen LogP contribution in [0, 0.1) is 13.8 Å². The molecule has 6 rings (SSSR count). The van der Waals surface area contributed by atoms with Crippen LogP contribution in [0.2, 0.25) is 0 Å². The highest BCUT2D eigenvalue weighted by atomic mass is 16.3. The number of hydrogen-bond acceptors (Lipinski definition) is 2. The molecule has 336 valence electrons. The number of rotatable bonds is 30. The van der Waals surface area contributed by atoms with E-state index >= 15 is 0 Å². The zero-order valence-corrected chi connectivity index (χ0v) is 40.4. The van der Waals surface area contributed by atoms with E-state index in [1.165, 1.54) is 209 Å². The Balaban J connectivity index is 1.31. The second-order valence-electron chi connectivity index (χ2n) is 19.2. The van der Waals surface area contributed by atoms with E-state index in [4.69, 9.17) is 8.83 Å². The van der Waals surface area contributed by atoms with E-state index in [1.807, 2.05) is 0 Å². The fourth-order valence-corrected chi connectivity index (χ4v) is 10.3. The first kappa shape index (κ1) is 47.7. The lowest BCUT2D eigenvalue weighted by Gasteiger charge is -2.11. The average Bonchev–Trinajstić information content (AvgIpc) is 3.81. The van der Waals surface area contributed by atoms with Gasteiger partial charge in [0.25, 0.3) is 0 Å². The average molecular weight is 837 g/mol. The van der Waals surface area contributed by atoms with E-state index in [9.17, 15) is 0 Å². The van der Waals surface area contributed by atoms with Crippen molar-refractivity contribution in [3.05, 3.63) is 94.4 Å². The van der Waals surface area contributed by atoms with Gasteiger partial charge in [0.1, 0.15) is 22.7 Å². The molecule has 0 aliphatic heterocycles. The molecule has 0 radical (unpaired) electrons. The summed E-state index contributed by atoms with van der Waals surface area (Å²) < 4.78 is 13.6. The van der Waals surface area contributed by atoms with Crippen LogP contribution >= 0.6 is 0 Å². The predicted molar refractivity (Wildman–Crippen MR) is 272 cm³/mol. The lowest BCUT2D eigenvalue weighted by Crippen LogP contribution is -1.94. The molecule has 0 spiro atoms. The van der Waals surface area contributed by atoms with E-state index in [0.717, 1.165) is 59.1 Å². The summed E-state index contributed by atoms with van der Waals surface area (Å²) in [6.07, 6.45) is 36.5. The Morgan fingerprint density at radius 1 is 0.306 bits per heavy atom. The van der Waals surface area contributed by atoms with Gasteiger partial charge in [0.05, 0.1) is 0 Å². The molecule has 0 fully saturated rings. The molecule has 0 saturated carbocycles. The molecule has 6 aromatic rings. The van der Waals surface area contributed by atoms with Crippen LogP contribution in [0.3, 0.4) is 0 Å². The smallest absolute Gasteiger partial charge is 0.142 e. The zero-order valence-electron chi connectivity index (χ0n) is 40.4. The van der Waals surface area contributed by atoms with Crippen molar-refractivity contribution in [3.8, 4) is 22.3 Å². The van der Waals surface area contributed by atoms with Crippen molar-refractivity contribution in [3.63, 3.8) is 0 Å². The highest BCUT2D eigenvalue weighted by Gasteiger charge is 2.21. The molecular formula is C60H84O2. The van der Waals surface area contributed by atoms with Crippen LogP contribution in [0.1, 0.15) is 216 Å². The van der Waals surface area contributed by atoms with Gasteiger partial charge in [-0.3, -0.25) is 0 Å². The van der Waals surface area contributed by atoms with Gasteiger partial charge in [0.2, 0.25) is 0 Å². The van der Waals surface area contributed by atoms with Crippen LogP contribution in [0.15, 0.2) is 69.5 Å². The Morgan fingerprint density at radius 2 is 0.565 bits per heavy atom. The maximum atomic E-state index is 6.82. The molecule has 0 bridgehead atoms. The van der Waals surface area contributed by atoms with Gasteiger partial charge in [0, 0.05) is 32.7 Å².